The Hall–Kier alpha value is 0.270. The highest BCUT2D eigenvalue weighted by molar-refractivity contribution is 7.99. The van der Waals surface area contributed by atoms with E-state index in [9.17, 15) is 5.11 Å². The van der Waals surface area contributed by atoms with Gasteiger partial charge in [-0.3, -0.25) is 0 Å². The number of hydrogen-bond donors (Lipinski definition) is 2. The predicted octanol–water partition coefficient (Wildman–Crippen LogP) is 1.86. The van der Waals surface area contributed by atoms with E-state index in [1.54, 1.807) is 11.8 Å². The van der Waals surface area contributed by atoms with Gasteiger partial charge >= 0.3 is 0 Å². The van der Waals surface area contributed by atoms with Crippen molar-refractivity contribution in [2.24, 2.45) is 11.7 Å². The molecule has 0 aromatic rings. The zero-order valence-corrected chi connectivity index (χ0v) is 10.0. The van der Waals surface area contributed by atoms with Crippen molar-refractivity contribution in [3.8, 4) is 0 Å². The molecule has 0 rings (SSSR count). The van der Waals surface area contributed by atoms with E-state index in [0.29, 0.717) is 6.54 Å². The molecule has 0 aromatic carbocycles. The van der Waals surface area contributed by atoms with Crippen molar-refractivity contribution in [3.05, 3.63) is 0 Å². The lowest BCUT2D eigenvalue weighted by molar-refractivity contribution is 0.0928. The predicted molar refractivity (Wildman–Crippen MR) is 61.1 cm³/mol. The molecule has 80 valence electrons. The quantitative estimate of drug-likeness (QED) is 0.696. The van der Waals surface area contributed by atoms with E-state index < -0.39 is 0 Å². The number of rotatable bonds is 6. The first kappa shape index (κ1) is 13.3. The second-order valence-corrected chi connectivity index (χ2v) is 5.65. The summed E-state index contributed by atoms with van der Waals surface area (Å²) in [5.74, 6) is 0.256. The Morgan fingerprint density at radius 3 is 2.31 bits per heavy atom. The van der Waals surface area contributed by atoms with Gasteiger partial charge in [0.1, 0.15) is 0 Å². The summed E-state index contributed by atoms with van der Waals surface area (Å²) in [7, 11) is 0. The van der Waals surface area contributed by atoms with Crippen molar-refractivity contribution in [1.29, 1.82) is 0 Å². The van der Waals surface area contributed by atoms with Crippen molar-refractivity contribution in [2.45, 2.75) is 44.5 Å². The highest BCUT2D eigenvalue weighted by atomic mass is 32.2. The molecule has 0 heterocycles. The van der Waals surface area contributed by atoms with Crippen LogP contribution >= 0.6 is 11.8 Å². The van der Waals surface area contributed by atoms with Gasteiger partial charge in [-0.2, -0.15) is 11.8 Å². The van der Waals surface area contributed by atoms with Gasteiger partial charge in [0.05, 0.1) is 6.10 Å². The molecule has 0 amide bonds. The number of aliphatic hydroxyl groups is 1. The Balaban J connectivity index is 4.04. The van der Waals surface area contributed by atoms with Crippen LogP contribution in [0.15, 0.2) is 0 Å². The minimum atomic E-state index is -0.252. The van der Waals surface area contributed by atoms with Gasteiger partial charge in [0.15, 0.2) is 0 Å². The van der Waals surface area contributed by atoms with Crippen molar-refractivity contribution < 1.29 is 5.11 Å². The molecule has 2 atom stereocenters. The number of nitrogens with two attached hydrogens (primary N) is 1. The monoisotopic (exact) mass is 205 g/mol. The van der Waals surface area contributed by atoms with Gasteiger partial charge in [-0.05, 0) is 31.6 Å². The zero-order valence-electron chi connectivity index (χ0n) is 9.21. The summed E-state index contributed by atoms with van der Waals surface area (Å²) in [6, 6.07) is 0. The van der Waals surface area contributed by atoms with Crippen molar-refractivity contribution in [1.82, 2.24) is 0 Å². The zero-order chi connectivity index (χ0) is 10.5. The summed E-state index contributed by atoms with van der Waals surface area (Å²) in [5, 5.41) is 9.88. The fourth-order valence-corrected chi connectivity index (χ4v) is 1.69. The molecule has 2 unspecified atom stereocenters. The van der Waals surface area contributed by atoms with Crippen molar-refractivity contribution in [3.63, 3.8) is 0 Å². The molecule has 3 N–H and O–H groups in total. The van der Waals surface area contributed by atoms with E-state index in [2.05, 4.69) is 27.0 Å². The van der Waals surface area contributed by atoms with Crippen LogP contribution in [0.5, 0.6) is 0 Å². The third-order valence-electron chi connectivity index (χ3n) is 2.62. The number of thioether (sulfide) groups is 1. The Labute approximate surface area is 86.3 Å². The van der Waals surface area contributed by atoms with Crippen LogP contribution in [0.1, 0.15) is 33.6 Å². The maximum atomic E-state index is 9.88. The van der Waals surface area contributed by atoms with Gasteiger partial charge in [-0.15, -0.1) is 0 Å². The van der Waals surface area contributed by atoms with E-state index >= 15 is 0 Å². The summed E-state index contributed by atoms with van der Waals surface area (Å²) >= 11 is 1.79. The first-order chi connectivity index (χ1) is 5.96. The maximum Gasteiger partial charge on any atom is 0.0593 e. The van der Waals surface area contributed by atoms with E-state index in [1.165, 1.54) is 0 Å². The fourth-order valence-electron chi connectivity index (χ4n) is 1.35. The Morgan fingerprint density at radius 1 is 1.46 bits per heavy atom. The lowest BCUT2D eigenvalue weighted by Crippen LogP contribution is -2.33. The molecule has 0 spiro atoms. The Morgan fingerprint density at radius 2 is 2.00 bits per heavy atom. The van der Waals surface area contributed by atoms with Crippen LogP contribution in [0.2, 0.25) is 0 Å². The average Bonchev–Trinajstić information content (AvgIpc) is 2.06. The first-order valence-corrected chi connectivity index (χ1v) is 6.12. The van der Waals surface area contributed by atoms with Gasteiger partial charge in [-0.25, -0.2) is 0 Å². The fraction of sp³-hybridized carbons (Fsp3) is 1.00. The van der Waals surface area contributed by atoms with Gasteiger partial charge in [0, 0.05) is 4.75 Å². The minimum Gasteiger partial charge on any atom is -0.393 e. The van der Waals surface area contributed by atoms with Crippen LogP contribution in [0, 0.1) is 5.92 Å². The summed E-state index contributed by atoms with van der Waals surface area (Å²) < 4.78 is 0.155. The second-order valence-electron chi connectivity index (χ2n) is 4.14. The largest absolute Gasteiger partial charge is 0.393 e. The molecule has 0 fully saturated rings. The Bertz CT molecular complexity index is 135. The standard InChI is InChI=1S/C10H23NOS/c1-5-8(7-11)9(12)6-10(2,3)13-4/h8-9,12H,5-7,11H2,1-4H3. The van der Waals surface area contributed by atoms with Gasteiger partial charge in [-0.1, -0.05) is 20.8 Å². The van der Waals surface area contributed by atoms with E-state index in [0.717, 1.165) is 12.8 Å². The molecule has 0 aliphatic rings. The topological polar surface area (TPSA) is 46.2 Å². The molecule has 13 heavy (non-hydrogen) atoms. The van der Waals surface area contributed by atoms with Crippen LogP contribution in [0.25, 0.3) is 0 Å². The average molecular weight is 205 g/mol. The molecule has 0 aromatic heterocycles. The van der Waals surface area contributed by atoms with Crippen LogP contribution in [0.4, 0.5) is 0 Å². The summed E-state index contributed by atoms with van der Waals surface area (Å²) in [4.78, 5) is 0. The second kappa shape index (κ2) is 5.89. The van der Waals surface area contributed by atoms with Gasteiger partial charge < -0.3 is 10.8 Å². The Kier molecular flexibility index (Phi) is 6.01. The third-order valence-corrected chi connectivity index (χ3v) is 3.90. The molecular formula is C10H23NOS. The summed E-state index contributed by atoms with van der Waals surface area (Å²) in [6.07, 6.45) is 3.61. The van der Waals surface area contributed by atoms with E-state index in [4.69, 9.17) is 5.73 Å². The number of hydrogen-bond acceptors (Lipinski definition) is 3. The molecule has 0 radical (unpaired) electrons. The van der Waals surface area contributed by atoms with Crippen LogP contribution in [-0.2, 0) is 0 Å². The highest BCUT2D eigenvalue weighted by Gasteiger charge is 2.25. The van der Waals surface area contributed by atoms with Crippen LogP contribution in [-0.4, -0.2) is 28.8 Å². The normalized spacial score (nSPS) is 17.1. The summed E-state index contributed by atoms with van der Waals surface area (Å²) in [5.41, 5.74) is 5.58. The molecule has 3 heteroatoms. The molecule has 0 saturated heterocycles. The minimum absolute atomic E-state index is 0.155. The highest BCUT2D eigenvalue weighted by Crippen LogP contribution is 2.29. The summed E-state index contributed by atoms with van der Waals surface area (Å²) in [6.45, 7) is 6.98. The third kappa shape index (κ3) is 4.89. The van der Waals surface area contributed by atoms with Crippen molar-refractivity contribution >= 4 is 11.8 Å². The first-order valence-electron chi connectivity index (χ1n) is 4.90. The van der Waals surface area contributed by atoms with Gasteiger partial charge in [0.2, 0.25) is 0 Å². The SMILES string of the molecule is CCC(CN)C(O)CC(C)(C)SC. The lowest BCUT2D eigenvalue weighted by atomic mass is 9.92. The molecule has 2 nitrogen and oxygen atoms in total. The molecular weight excluding hydrogens is 182 g/mol. The smallest absolute Gasteiger partial charge is 0.0593 e. The molecule has 0 saturated carbocycles. The maximum absolute atomic E-state index is 9.88. The van der Waals surface area contributed by atoms with Crippen LogP contribution in [0.3, 0.4) is 0 Å². The van der Waals surface area contributed by atoms with E-state index in [1.807, 2.05) is 0 Å². The molecule has 0 bridgehead atoms. The number of aliphatic hydroxyl groups excluding tert-OH is 1. The molecule has 0 aliphatic carbocycles. The van der Waals surface area contributed by atoms with E-state index in [-0.39, 0.29) is 16.8 Å². The van der Waals surface area contributed by atoms with Crippen molar-refractivity contribution in [2.75, 3.05) is 12.8 Å². The van der Waals surface area contributed by atoms with Gasteiger partial charge in [0.25, 0.3) is 0 Å². The lowest BCUT2D eigenvalue weighted by Gasteiger charge is -2.29. The van der Waals surface area contributed by atoms with Crippen LogP contribution < -0.4 is 5.73 Å². The molecule has 0 aliphatic heterocycles.